The largest absolute Gasteiger partial charge is 0.481 e. The molecule has 88 valence electrons. The van der Waals surface area contributed by atoms with Gasteiger partial charge in [0.05, 0.1) is 6.42 Å². The van der Waals surface area contributed by atoms with Gasteiger partial charge in [0.25, 0.3) is 0 Å². The minimum atomic E-state index is -0.715. The molecule has 0 aromatic carbocycles. The first-order valence-corrected chi connectivity index (χ1v) is 5.86. The molecule has 0 radical (unpaired) electrons. The van der Waals surface area contributed by atoms with Crippen molar-refractivity contribution in [2.24, 2.45) is 23.0 Å². The fourth-order valence-corrected chi connectivity index (χ4v) is 3.10. The summed E-state index contributed by atoms with van der Waals surface area (Å²) in [5.41, 5.74) is 5.85. The number of hydrogen-bond donors (Lipinski definition) is 2. The maximum absolute atomic E-state index is 11.0. The average molecular weight is 213 g/mol. The zero-order chi connectivity index (χ0) is 11.6. The SMILES string of the molecule is CC1CCC(C)C(CC(=O)O)(C(C)N)C1. The van der Waals surface area contributed by atoms with Crippen molar-refractivity contribution >= 4 is 5.97 Å². The van der Waals surface area contributed by atoms with Crippen molar-refractivity contribution in [2.45, 2.75) is 52.5 Å². The highest BCUT2D eigenvalue weighted by molar-refractivity contribution is 5.68. The summed E-state index contributed by atoms with van der Waals surface area (Å²) in [5, 5.41) is 9.03. The topological polar surface area (TPSA) is 63.3 Å². The normalized spacial score (nSPS) is 38.7. The smallest absolute Gasteiger partial charge is 0.303 e. The van der Waals surface area contributed by atoms with Gasteiger partial charge in [-0.2, -0.15) is 0 Å². The molecule has 3 nitrogen and oxygen atoms in total. The number of carbonyl (C=O) groups is 1. The summed E-state index contributed by atoms with van der Waals surface area (Å²) in [6.45, 7) is 6.31. The fraction of sp³-hybridized carbons (Fsp3) is 0.917. The van der Waals surface area contributed by atoms with Crippen molar-refractivity contribution < 1.29 is 9.90 Å². The lowest BCUT2D eigenvalue weighted by Crippen LogP contribution is -2.49. The third-order valence-electron chi connectivity index (χ3n) is 4.19. The molecule has 0 saturated heterocycles. The Hall–Kier alpha value is -0.570. The molecule has 3 N–H and O–H groups in total. The van der Waals surface area contributed by atoms with Gasteiger partial charge >= 0.3 is 5.97 Å². The highest BCUT2D eigenvalue weighted by atomic mass is 16.4. The standard InChI is InChI=1S/C12H23NO2/c1-8-4-5-9(2)12(6-8,10(3)13)7-11(14)15/h8-10H,4-7,13H2,1-3H3,(H,14,15). The molecular weight excluding hydrogens is 190 g/mol. The Morgan fingerprint density at radius 3 is 2.60 bits per heavy atom. The molecule has 0 aromatic rings. The van der Waals surface area contributed by atoms with Gasteiger partial charge in [-0.05, 0) is 37.0 Å². The lowest BCUT2D eigenvalue weighted by molar-refractivity contribution is -0.142. The van der Waals surface area contributed by atoms with Crippen LogP contribution in [0.25, 0.3) is 0 Å². The maximum Gasteiger partial charge on any atom is 0.303 e. The first-order chi connectivity index (χ1) is 6.88. The van der Waals surface area contributed by atoms with E-state index in [4.69, 9.17) is 10.8 Å². The zero-order valence-electron chi connectivity index (χ0n) is 9.99. The minimum Gasteiger partial charge on any atom is -0.481 e. The fourth-order valence-electron chi connectivity index (χ4n) is 3.10. The summed E-state index contributed by atoms with van der Waals surface area (Å²) in [6, 6.07) is -0.0358. The Labute approximate surface area is 92.0 Å². The lowest BCUT2D eigenvalue weighted by Gasteiger charge is -2.47. The molecule has 0 heterocycles. The Bertz CT molecular complexity index is 240. The molecule has 0 amide bonds. The first kappa shape index (κ1) is 12.5. The van der Waals surface area contributed by atoms with E-state index in [1.54, 1.807) is 0 Å². The van der Waals surface area contributed by atoms with Crippen molar-refractivity contribution in [3.8, 4) is 0 Å². The molecule has 3 heteroatoms. The second kappa shape index (κ2) is 4.52. The van der Waals surface area contributed by atoms with Crippen LogP contribution in [0.2, 0.25) is 0 Å². The molecule has 1 fully saturated rings. The molecule has 1 aliphatic carbocycles. The number of nitrogens with two attached hydrogens (primary N) is 1. The average Bonchev–Trinajstić information content (AvgIpc) is 2.10. The summed E-state index contributed by atoms with van der Waals surface area (Å²) in [6.07, 6.45) is 3.49. The predicted molar refractivity (Wildman–Crippen MR) is 60.5 cm³/mol. The molecular formula is C12H23NO2. The van der Waals surface area contributed by atoms with Crippen molar-refractivity contribution in [1.29, 1.82) is 0 Å². The van der Waals surface area contributed by atoms with Crippen LogP contribution < -0.4 is 5.73 Å². The van der Waals surface area contributed by atoms with Crippen molar-refractivity contribution in [1.82, 2.24) is 0 Å². The summed E-state index contributed by atoms with van der Waals surface area (Å²) >= 11 is 0. The molecule has 15 heavy (non-hydrogen) atoms. The summed E-state index contributed by atoms with van der Waals surface area (Å²) in [5.74, 6) is 0.310. The third-order valence-corrected chi connectivity index (χ3v) is 4.19. The van der Waals surface area contributed by atoms with Crippen LogP contribution in [0, 0.1) is 17.3 Å². The number of carboxylic acids is 1. The Morgan fingerprint density at radius 1 is 1.53 bits per heavy atom. The molecule has 4 atom stereocenters. The van der Waals surface area contributed by atoms with Gasteiger partial charge in [0.2, 0.25) is 0 Å². The Kier molecular flexibility index (Phi) is 3.77. The highest BCUT2D eigenvalue weighted by Gasteiger charge is 2.44. The van der Waals surface area contributed by atoms with Crippen LogP contribution in [0.4, 0.5) is 0 Å². The van der Waals surface area contributed by atoms with E-state index < -0.39 is 5.97 Å². The third kappa shape index (κ3) is 2.51. The van der Waals surface area contributed by atoms with E-state index >= 15 is 0 Å². The molecule has 1 aliphatic rings. The van der Waals surface area contributed by atoms with E-state index in [0.29, 0.717) is 11.8 Å². The van der Waals surface area contributed by atoms with E-state index in [0.717, 1.165) is 12.8 Å². The van der Waals surface area contributed by atoms with Gasteiger partial charge < -0.3 is 10.8 Å². The number of aliphatic carboxylic acids is 1. The molecule has 1 rings (SSSR count). The molecule has 0 spiro atoms. The predicted octanol–water partition coefficient (Wildman–Crippen LogP) is 2.25. The van der Waals surface area contributed by atoms with Gasteiger partial charge in [-0.3, -0.25) is 4.79 Å². The van der Waals surface area contributed by atoms with E-state index in [9.17, 15) is 4.79 Å². The van der Waals surface area contributed by atoms with Crippen LogP contribution in [-0.2, 0) is 4.79 Å². The van der Waals surface area contributed by atoms with Crippen LogP contribution in [0.1, 0.15) is 46.5 Å². The van der Waals surface area contributed by atoms with Gasteiger partial charge in [-0.1, -0.05) is 20.3 Å². The van der Waals surface area contributed by atoms with Crippen LogP contribution in [0.15, 0.2) is 0 Å². The quantitative estimate of drug-likeness (QED) is 0.755. The van der Waals surface area contributed by atoms with E-state index in [-0.39, 0.29) is 17.9 Å². The molecule has 1 saturated carbocycles. The number of rotatable bonds is 3. The monoisotopic (exact) mass is 213 g/mol. The van der Waals surface area contributed by atoms with Crippen LogP contribution >= 0.6 is 0 Å². The van der Waals surface area contributed by atoms with E-state index in [2.05, 4.69) is 13.8 Å². The van der Waals surface area contributed by atoms with Crippen LogP contribution in [0.3, 0.4) is 0 Å². The Morgan fingerprint density at radius 2 is 2.13 bits per heavy atom. The van der Waals surface area contributed by atoms with Crippen LogP contribution in [-0.4, -0.2) is 17.1 Å². The van der Waals surface area contributed by atoms with Gasteiger partial charge in [0.1, 0.15) is 0 Å². The van der Waals surface area contributed by atoms with Crippen LogP contribution in [0.5, 0.6) is 0 Å². The second-order valence-corrected chi connectivity index (χ2v) is 5.38. The number of carboxylic acid groups (broad SMARTS) is 1. The van der Waals surface area contributed by atoms with Crippen molar-refractivity contribution in [3.63, 3.8) is 0 Å². The van der Waals surface area contributed by atoms with Gasteiger partial charge in [0, 0.05) is 6.04 Å². The minimum absolute atomic E-state index is 0.0358. The summed E-state index contributed by atoms with van der Waals surface area (Å²) in [4.78, 5) is 11.0. The zero-order valence-corrected chi connectivity index (χ0v) is 9.99. The first-order valence-electron chi connectivity index (χ1n) is 5.86. The van der Waals surface area contributed by atoms with E-state index in [1.165, 1.54) is 6.42 Å². The molecule has 4 unspecified atom stereocenters. The summed E-state index contributed by atoms with van der Waals surface area (Å²) in [7, 11) is 0. The summed E-state index contributed by atoms with van der Waals surface area (Å²) < 4.78 is 0. The van der Waals surface area contributed by atoms with Crippen molar-refractivity contribution in [3.05, 3.63) is 0 Å². The molecule has 0 aromatic heterocycles. The van der Waals surface area contributed by atoms with Gasteiger partial charge in [-0.15, -0.1) is 0 Å². The molecule has 0 bridgehead atoms. The maximum atomic E-state index is 11.0. The molecule has 0 aliphatic heterocycles. The second-order valence-electron chi connectivity index (χ2n) is 5.38. The van der Waals surface area contributed by atoms with E-state index in [1.807, 2.05) is 6.92 Å². The van der Waals surface area contributed by atoms with Gasteiger partial charge in [-0.25, -0.2) is 0 Å². The lowest BCUT2D eigenvalue weighted by atomic mass is 9.59. The van der Waals surface area contributed by atoms with Gasteiger partial charge in [0.15, 0.2) is 0 Å². The number of hydrogen-bond acceptors (Lipinski definition) is 2. The highest BCUT2D eigenvalue weighted by Crippen LogP contribution is 2.47. The Balaban J connectivity index is 2.90. The van der Waals surface area contributed by atoms with Crippen molar-refractivity contribution in [2.75, 3.05) is 0 Å².